The Balaban J connectivity index is 2.29. The van der Waals surface area contributed by atoms with Gasteiger partial charge in [0.15, 0.2) is 0 Å². The number of hydrogen-bond acceptors (Lipinski definition) is 2. The Morgan fingerprint density at radius 3 is 2.41 bits per heavy atom. The van der Waals surface area contributed by atoms with Crippen LogP contribution in [0.3, 0.4) is 0 Å². The predicted octanol–water partition coefficient (Wildman–Crippen LogP) is 5.18. The van der Waals surface area contributed by atoms with Gasteiger partial charge >= 0.3 is 0 Å². The summed E-state index contributed by atoms with van der Waals surface area (Å²) in [5.74, 6) is -0.243. The van der Waals surface area contributed by atoms with Crippen LogP contribution in [-0.2, 0) is 22.6 Å². The SMILES string of the molecule is CCCNC(=O)C(CC)N(Cc1cccc(C)c1)C(=O)Cc1ccc(Cl)c(Cl)c1. The lowest BCUT2D eigenvalue weighted by molar-refractivity contribution is -0.140. The lowest BCUT2D eigenvalue weighted by Crippen LogP contribution is -2.49. The third kappa shape index (κ3) is 6.76. The Kier molecular flexibility index (Phi) is 8.99. The molecule has 0 aliphatic carbocycles. The highest BCUT2D eigenvalue weighted by Crippen LogP contribution is 2.23. The molecule has 6 heteroatoms. The van der Waals surface area contributed by atoms with Gasteiger partial charge in [0.25, 0.3) is 0 Å². The van der Waals surface area contributed by atoms with E-state index in [4.69, 9.17) is 23.2 Å². The summed E-state index contributed by atoms with van der Waals surface area (Å²) in [4.78, 5) is 27.7. The zero-order valence-corrected chi connectivity index (χ0v) is 18.7. The molecule has 0 aromatic heterocycles. The van der Waals surface area contributed by atoms with Crippen molar-refractivity contribution in [3.8, 4) is 0 Å². The standard InChI is InChI=1S/C23H28Cl2N2O2/c1-4-11-26-23(29)21(5-2)27(15-18-8-6-7-16(3)12-18)22(28)14-17-9-10-19(24)20(25)13-17/h6-10,12-13,21H,4-5,11,14-15H2,1-3H3,(H,26,29). The average Bonchev–Trinajstić information content (AvgIpc) is 2.69. The molecule has 0 bridgehead atoms. The van der Waals surface area contributed by atoms with Crippen LogP contribution < -0.4 is 5.32 Å². The Bertz CT molecular complexity index is 855. The van der Waals surface area contributed by atoms with Gasteiger partial charge in [0.1, 0.15) is 6.04 Å². The van der Waals surface area contributed by atoms with Crippen LogP contribution in [0.25, 0.3) is 0 Å². The van der Waals surface area contributed by atoms with E-state index in [0.29, 0.717) is 29.6 Å². The summed E-state index contributed by atoms with van der Waals surface area (Å²) in [6.45, 7) is 6.90. The number of aryl methyl sites for hydroxylation is 1. The van der Waals surface area contributed by atoms with Gasteiger partial charge in [0.05, 0.1) is 16.5 Å². The molecule has 0 saturated carbocycles. The lowest BCUT2D eigenvalue weighted by Gasteiger charge is -2.31. The maximum Gasteiger partial charge on any atom is 0.242 e. The van der Waals surface area contributed by atoms with E-state index >= 15 is 0 Å². The molecule has 0 heterocycles. The van der Waals surface area contributed by atoms with E-state index in [-0.39, 0.29) is 18.2 Å². The average molecular weight is 435 g/mol. The Morgan fingerprint density at radius 1 is 1.03 bits per heavy atom. The Morgan fingerprint density at radius 2 is 1.79 bits per heavy atom. The molecule has 0 fully saturated rings. The number of amides is 2. The van der Waals surface area contributed by atoms with Crippen LogP contribution in [0, 0.1) is 6.92 Å². The van der Waals surface area contributed by atoms with Gasteiger partial charge in [0.2, 0.25) is 11.8 Å². The molecule has 2 aromatic rings. The quantitative estimate of drug-likeness (QED) is 0.590. The number of rotatable bonds is 9. The summed E-state index contributed by atoms with van der Waals surface area (Å²) >= 11 is 12.1. The van der Waals surface area contributed by atoms with E-state index in [2.05, 4.69) is 5.32 Å². The van der Waals surface area contributed by atoms with Crippen molar-refractivity contribution in [1.29, 1.82) is 0 Å². The van der Waals surface area contributed by atoms with Crippen LogP contribution in [0.2, 0.25) is 10.0 Å². The molecule has 0 saturated heterocycles. The van der Waals surface area contributed by atoms with Gasteiger partial charge in [-0.25, -0.2) is 0 Å². The number of carbonyl (C=O) groups is 2. The first-order valence-corrected chi connectivity index (χ1v) is 10.7. The molecule has 29 heavy (non-hydrogen) atoms. The number of benzene rings is 2. The van der Waals surface area contributed by atoms with Gasteiger partial charge < -0.3 is 10.2 Å². The molecule has 0 aliphatic rings. The smallest absolute Gasteiger partial charge is 0.242 e. The maximum absolute atomic E-state index is 13.2. The monoisotopic (exact) mass is 434 g/mol. The van der Waals surface area contributed by atoms with Gasteiger partial charge in [-0.1, -0.05) is 72.9 Å². The highest BCUT2D eigenvalue weighted by Gasteiger charge is 2.28. The first-order valence-electron chi connectivity index (χ1n) is 9.92. The second-order valence-electron chi connectivity index (χ2n) is 7.15. The Hall–Kier alpha value is -2.04. The van der Waals surface area contributed by atoms with Crippen molar-refractivity contribution in [1.82, 2.24) is 10.2 Å². The molecule has 1 atom stereocenters. The molecule has 0 aliphatic heterocycles. The summed E-state index contributed by atoms with van der Waals surface area (Å²) in [5.41, 5.74) is 2.87. The van der Waals surface area contributed by atoms with E-state index in [9.17, 15) is 9.59 Å². The minimum absolute atomic E-state index is 0.121. The molecule has 0 radical (unpaired) electrons. The van der Waals surface area contributed by atoms with Crippen LogP contribution >= 0.6 is 23.2 Å². The van der Waals surface area contributed by atoms with Crippen LogP contribution in [0.1, 0.15) is 43.4 Å². The van der Waals surface area contributed by atoms with Crippen molar-refractivity contribution in [2.75, 3.05) is 6.54 Å². The summed E-state index contributed by atoms with van der Waals surface area (Å²) in [6.07, 6.45) is 1.53. The predicted molar refractivity (Wildman–Crippen MR) is 119 cm³/mol. The van der Waals surface area contributed by atoms with Crippen molar-refractivity contribution >= 4 is 35.0 Å². The second-order valence-corrected chi connectivity index (χ2v) is 7.97. The van der Waals surface area contributed by atoms with Crippen molar-refractivity contribution in [2.24, 2.45) is 0 Å². The zero-order valence-electron chi connectivity index (χ0n) is 17.2. The summed E-state index contributed by atoms with van der Waals surface area (Å²) in [5, 5.41) is 3.79. The summed E-state index contributed by atoms with van der Waals surface area (Å²) in [6, 6.07) is 12.6. The maximum atomic E-state index is 13.2. The van der Waals surface area contributed by atoms with E-state index in [1.165, 1.54) is 0 Å². The molecule has 1 N–H and O–H groups in total. The molecule has 2 amide bonds. The van der Waals surface area contributed by atoms with Gasteiger partial charge in [-0.3, -0.25) is 9.59 Å². The molecular formula is C23H28Cl2N2O2. The van der Waals surface area contributed by atoms with E-state index in [1.807, 2.05) is 45.0 Å². The van der Waals surface area contributed by atoms with Crippen molar-refractivity contribution in [3.05, 3.63) is 69.2 Å². The van der Waals surface area contributed by atoms with E-state index in [0.717, 1.165) is 23.1 Å². The van der Waals surface area contributed by atoms with E-state index in [1.54, 1.807) is 23.1 Å². The van der Waals surface area contributed by atoms with Gasteiger partial charge in [-0.2, -0.15) is 0 Å². The van der Waals surface area contributed by atoms with Gasteiger partial charge in [-0.05, 0) is 43.0 Å². The molecule has 1 unspecified atom stereocenters. The topological polar surface area (TPSA) is 49.4 Å². The van der Waals surface area contributed by atoms with Gasteiger partial charge in [-0.15, -0.1) is 0 Å². The van der Waals surface area contributed by atoms with Crippen LogP contribution in [0.5, 0.6) is 0 Å². The number of carbonyl (C=O) groups excluding carboxylic acids is 2. The molecule has 2 aromatic carbocycles. The largest absolute Gasteiger partial charge is 0.354 e. The van der Waals surface area contributed by atoms with Crippen molar-refractivity contribution in [2.45, 2.75) is 52.6 Å². The highest BCUT2D eigenvalue weighted by molar-refractivity contribution is 6.42. The number of halogens is 2. The van der Waals surface area contributed by atoms with Crippen LogP contribution in [0.4, 0.5) is 0 Å². The number of nitrogens with one attached hydrogen (secondary N) is 1. The fraction of sp³-hybridized carbons (Fsp3) is 0.391. The Labute approximate surface area is 183 Å². The minimum atomic E-state index is -0.530. The summed E-state index contributed by atoms with van der Waals surface area (Å²) in [7, 11) is 0. The molecular weight excluding hydrogens is 407 g/mol. The van der Waals surface area contributed by atoms with E-state index < -0.39 is 6.04 Å². The van der Waals surface area contributed by atoms with Gasteiger partial charge in [0, 0.05) is 13.1 Å². The third-order valence-electron chi connectivity index (χ3n) is 4.71. The number of hydrogen-bond donors (Lipinski definition) is 1. The van der Waals surface area contributed by atoms with Crippen molar-refractivity contribution < 1.29 is 9.59 Å². The minimum Gasteiger partial charge on any atom is -0.354 e. The highest BCUT2D eigenvalue weighted by atomic mass is 35.5. The first-order chi connectivity index (χ1) is 13.8. The number of nitrogens with zero attached hydrogens (tertiary/aromatic N) is 1. The van der Waals surface area contributed by atoms with Crippen LogP contribution in [0.15, 0.2) is 42.5 Å². The fourth-order valence-corrected chi connectivity index (χ4v) is 3.54. The summed E-state index contributed by atoms with van der Waals surface area (Å²) < 4.78 is 0. The molecule has 4 nitrogen and oxygen atoms in total. The molecule has 0 spiro atoms. The first kappa shape index (κ1) is 23.2. The zero-order chi connectivity index (χ0) is 21.4. The fourth-order valence-electron chi connectivity index (χ4n) is 3.22. The van der Waals surface area contributed by atoms with Crippen molar-refractivity contribution in [3.63, 3.8) is 0 Å². The van der Waals surface area contributed by atoms with Crippen LogP contribution in [-0.4, -0.2) is 29.3 Å². The third-order valence-corrected chi connectivity index (χ3v) is 5.45. The normalized spacial score (nSPS) is 11.8. The lowest BCUT2D eigenvalue weighted by atomic mass is 10.1. The second kappa shape index (κ2) is 11.2. The molecule has 156 valence electrons. The molecule has 2 rings (SSSR count).